The maximum absolute atomic E-state index is 4.46. The van der Waals surface area contributed by atoms with Gasteiger partial charge in [0.1, 0.15) is 0 Å². The van der Waals surface area contributed by atoms with Crippen LogP contribution in [0.1, 0.15) is 0 Å². The molecule has 0 aromatic carbocycles. The molecule has 0 saturated carbocycles. The van der Waals surface area contributed by atoms with E-state index in [4.69, 9.17) is 0 Å². The van der Waals surface area contributed by atoms with Crippen molar-refractivity contribution in [3.8, 4) is 11.6 Å². The summed E-state index contributed by atoms with van der Waals surface area (Å²) in [5.41, 5.74) is 0. The van der Waals surface area contributed by atoms with Gasteiger partial charge in [-0.3, -0.25) is 0 Å². The van der Waals surface area contributed by atoms with Gasteiger partial charge in [0.05, 0.1) is 0 Å². The molecule has 2 aromatic heterocycles. The number of H-pyrrole nitrogens is 1. The molecule has 0 spiro atoms. The average molecular weight is 138 g/mol. The molecule has 50 valence electrons. The fourth-order valence-corrected chi connectivity index (χ4v) is 0.526. The number of aromatic amines is 1. The van der Waals surface area contributed by atoms with E-state index in [1.54, 1.807) is 0 Å². The third-order valence-corrected chi connectivity index (χ3v) is 0.907. The second-order valence-electron chi connectivity index (χ2n) is 1.49. The highest BCUT2D eigenvalue weighted by Gasteiger charge is 2.05. The van der Waals surface area contributed by atoms with Crippen molar-refractivity contribution in [1.29, 1.82) is 0 Å². The van der Waals surface area contributed by atoms with E-state index in [1.807, 2.05) is 0 Å². The predicted molar refractivity (Wildman–Crippen MR) is 27.5 cm³/mol. The summed E-state index contributed by atoms with van der Waals surface area (Å²) < 4.78 is 4.46. The van der Waals surface area contributed by atoms with Crippen LogP contribution >= 0.6 is 0 Å². The van der Waals surface area contributed by atoms with E-state index in [-0.39, 0.29) is 0 Å². The molecule has 1 N–H and O–H groups in total. The minimum absolute atomic E-state index is 0.328. The van der Waals surface area contributed by atoms with Gasteiger partial charge in [-0.05, 0) is 5.21 Å². The standard InChI is InChI=1S/C3H2N6O/c1-4-2(7-10-1)3-5-8-9-6-3/h1H,(H,5,6,8,9). The lowest BCUT2D eigenvalue weighted by Gasteiger charge is -1.74. The SMILES string of the molecule is c1nc(-c2nn[nH]n2)no1. The topological polar surface area (TPSA) is 93.4 Å². The third kappa shape index (κ3) is 0.642. The van der Waals surface area contributed by atoms with Gasteiger partial charge in [-0.2, -0.15) is 10.2 Å². The Morgan fingerprint density at radius 1 is 1.40 bits per heavy atom. The van der Waals surface area contributed by atoms with Gasteiger partial charge in [0.25, 0.3) is 0 Å². The summed E-state index contributed by atoms with van der Waals surface area (Å²) in [5.74, 6) is 0.655. The number of hydrogen-bond donors (Lipinski definition) is 1. The fraction of sp³-hybridized carbons (Fsp3) is 0. The van der Waals surface area contributed by atoms with Crippen molar-refractivity contribution < 1.29 is 4.52 Å². The summed E-state index contributed by atoms with van der Waals surface area (Å²) >= 11 is 0. The Balaban J connectivity index is 2.48. The largest absolute Gasteiger partial charge is 0.342 e. The molecule has 10 heavy (non-hydrogen) atoms. The fourth-order valence-electron chi connectivity index (χ4n) is 0.526. The van der Waals surface area contributed by atoms with Crippen molar-refractivity contribution in [2.45, 2.75) is 0 Å². The van der Waals surface area contributed by atoms with Gasteiger partial charge >= 0.3 is 0 Å². The van der Waals surface area contributed by atoms with Crippen LogP contribution in [-0.2, 0) is 0 Å². The van der Waals surface area contributed by atoms with Crippen LogP contribution in [0.15, 0.2) is 10.9 Å². The number of tetrazole rings is 1. The minimum Gasteiger partial charge on any atom is -0.342 e. The Morgan fingerprint density at radius 3 is 3.00 bits per heavy atom. The molecule has 0 aliphatic carbocycles. The summed E-state index contributed by atoms with van der Waals surface area (Å²) in [6, 6.07) is 0. The van der Waals surface area contributed by atoms with Gasteiger partial charge in [-0.15, -0.1) is 10.2 Å². The van der Waals surface area contributed by atoms with Crippen LogP contribution in [0.4, 0.5) is 0 Å². The second-order valence-corrected chi connectivity index (χ2v) is 1.49. The number of hydrogen-bond acceptors (Lipinski definition) is 6. The molecule has 0 aliphatic heterocycles. The Labute approximate surface area is 54.4 Å². The zero-order valence-electron chi connectivity index (χ0n) is 4.72. The van der Waals surface area contributed by atoms with Crippen molar-refractivity contribution in [2.75, 3.05) is 0 Å². The summed E-state index contributed by atoms with van der Waals surface area (Å²) in [5, 5.41) is 16.3. The molecule has 2 rings (SSSR count). The molecule has 7 nitrogen and oxygen atoms in total. The van der Waals surface area contributed by atoms with Gasteiger partial charge in [0, 0.05) is 0 Å². The molecule has 0 atom stereocenters. The number of nitrogens with zero attached hydrogens (tertiary/aromatic N) is 5. The molecular weight excluding hydrogens is 136 g/mol. The van der Waals surface area contributed by atoms with Crippen LogP contribution in [0.3, 0.4) is 0 Å². The van der Waals surface area contributed by atoms with Crippen LogP contribution in [0, 0.1) is 0 Å². The summed E-state index contributed by atoms with van der Waals surface area (Å²) in [6.07, 6.45) is 1.20. The van der Waals surface area contributed by atoms with Gasteiger partial charge in [0.2, 0.25) is 18.0 Å². The van der Waals surface area contributed by atoms with Gasteiger partial charge in [-0.25, -0.2) is 0 Å². The maximum Gasteiger partial charge on any atom is 0.245 e. The first-order valence-corrected chi connectivity index (χ1v) is 2.47. The van der Waals surface area contributed by atoms with Gasteiger partial charge < -0.3 is 4.52 Å². The molecule has 0 radical (unpaired) electrons. The van der Waals surface area contributed by atoms with Crippen LogP contribution in [0.2, 0.25) is 0 Å². The van der Waals surface area contributed by atoms with E-state index in [2.05, 4.69) is 35.3 Å². The number of rotatable bonds is 1. The van der Waals surface area contributed by atoms with Crippen molar-refractivity contribution in [3.63, 3.8) is 0 Å². The van der Waals surface area contributed by atoms with E-state index in [0.29, 0.717) is 11.6 Å². The quantitative estimate of drug-likeness (QED) is 0.557. The number of aromatic nitrogens is 6. The number of nitrogens with one attached hydrogen (secondary N) is 1. The van der Waals surface area contributed by atoms with Gasteiger partial charge in [-0.1, -0.05) is 5.16 Å². The van der Waals surface area contributed by atoms with Crippen LogP contribution < -0.4 is 0 Å². The average Bonchev–Trinajstić information content (AvgIpc) is 2.59. The Bertz CT molecular complexity index is 252. The highest BCUT2D eigenvalue weighted by atomic mass is 16.5. The highest BCUT2D eigenvalue weighted by Crippen LogP contribution is 2.02. The van der Waals surface area contributed by atoms with E-state index in [1.165, 1.54) is 6.39 Å². The zero-order valence-corrected chi connectivity index (χ0v) is 4.72. The van der Waals surface area contributed by atoms with E-state index >= 15 is 0 Å². The van der Waals surface area contributed by atoms with Gasteiger partial charge in [0.15, 0.2) is 0 Å². The van der Waals surface area contributed by atoms with Crippen LogP contribution in [-0.4, -0.2) is 30.8 Å². The summed E-state index contributed by atoms with van der Waals surface area (Å²) in [7, 11) is 0. The Hall–Kier alpha value is -1.79. The molecule has 0 amide bonds. The molecular formula is C3H2N6O. The van der Waals surface area contributed by atoms with Crippen molar-refractivity contribution in [1.82, 2.24) is 30.8 Å². The Morgan fingerprint density at radius 2 is 2.40 bits per heavy atom. The third-order valence-electron chi connectivity index (χ3n) is 0.907. The maximum atomic E-state index is 4.46. The predicted octanol–water partition coefficient (Wildman–Crippen LogP) is -0.750. The lowest BCUT2D eigenvalue weighted by Crippen LogP contribution is -1.81. The monoisotopic (exact) mass is 138 g/mol. The van der Waals surface area contributed by atoms with Crippen molar-refractivity contribution >= 4 is 0 Å². The minimum atomic E-state index is 0.328. The lowest BCUT2D eigenvalue weighted by molar-refractivity contribution is 0.418. The molecule has 2 heterocycles. The normalized spacial score (nSPS) is 10.0. The molecule has 2 aromatic rings. The molecule has 7 heteroatoms. The first-order chi connectivity index (χ1) is 4.97. The van der Waals surface area contributed by atoms with Crippen LogP contribution in [0.5, 0.6) is 0 Å². The Kier molecular flexibility index (Phi) is 0.938. The summed E-state index contributed by atoms with van der Waals surface area (Å²) in [4.78, 5) is 3.70. The van der Waals surface area contributed by atoms with E-state index < -0.39 is 0 Å². The van der Waals surface area contributed by atoms with E-state index in [9.17, 15) is 0 Å². The molecule has 0 aliphatic rings. The smallest absolute Gasteiger partial charge is 0.245 e. The molecule has 0 unspecified atom stereocenters. The van der Waals surface area contributed by atoms with Crippen molar-refractivity contribution in [2.24, 2.45) is 0 Å². The first kappa shape index (κ1) is 5.03. The summed E-state index contributed by atoms with van der Waals surface area (Å²) in [6.45, 7) is 0. The van der Waals surface area contributed by atoms with E-state index in [0.717, 1.165) is 0 Å². The molecule has 0 bridgehead atoms. The lowest BCUT2D eigenvalue weighted by atomic mass is 10.6. The molecule has 0 saturated heterocycles. The van der Waals surface area contributed by atoms with Crippen LogP contribution in [0.25, 0.3) is 11.6 Å². The molecule has 0 fully saturated rings. The zero-order chi connectivity index (χ0) is 6.81. The second kappa shape index (κ2) is 1.87. The highest BCUT2D eigenvalue weighted by molar-refractivity contribution is 5.37. The van der Waals surface area contributed by atoms with Crippen molar-refractivity contribution in [3.05, 3.63) is 6.39 Å². The first-order valence-electron chi connectivity index (χ1n) is 2.47.